The Labute approximate surface area is 106 Å². The lowest BCUT2D eigenvalue weighted by Crippen LogP contribution is -2.10. The fourth-order valence-electron chi connectivity index (χ4n) is 2.17. The van der Waals surface area contributed by atoms with Crippen LogP contribution >= 0.6 is 0 Å². The first-order chi connectivity index (χ1) is 9.08. The number of halogens is 1. The lowest BCUT2D eigenvalue weighted by Gasteiger charge is -2.05. The van der Waals surface area contributed by atoms with Gasteiger partial charge in [-0.3, -0.25) is 4.79 Å². The molecule has 3 aromatic rings. The molecular weight excluding hydrogens is 249 g/mol. The first-order valence-electron chi connectivity index (χ1n) is 5.55. The largest absolute Gasteiger partial charge is 0.478 e. The number of benzene rings is 2. The summed E-state index contributed by atoms with van der Waals surface area (Å²) in [4.78, 5) is 26.4. The van der Waals surface area contributed by atoms with E-state index >= 15 is 0 Å². The Bertz CT molecular complexity index is 883. The van der Waals surface area contributed by atoms with Crippen LogP contribution in [0.5, 0.6) is 0 Å². The van der Waals surface area contributed by atoms with Gasteiger partial charge in [-0.15, -0.1) is 0 Å². The van der Waals surface area contributed by atoms with E-state index in [2.05, 4.69) is 4.98 Å². The zero-order valence-electron chi connectivity index (χ0n) is 9.61. The molecule has 0 aliphatic rings. The standard InChI is InChI=1S/C14H8FNO3/c15-7-4-5-10-9(6-7)13(17)12-8(14(18)19)2-1-3-11(12)16-10/h1-6H,(H,16,17)(H,18,19). The topological polar surface area (TPSA) is 70.2 Å². The number of carbonyl (C=O) groups is 1. The van der Waals surface area contributed by atoms with Crippen LogP contribution < -0.4 is 5.43 Å². The molecule has 2 N–H and O–H groups in total. The Balaban J connectivity index is 2.59. The number of hydrogen-bond acceptors (Lipinski definition) is 2. The van der Waals surface area contributed by atoms with Crippen molar-refractivity contribution in [2.45, 2.75) is 0 Å². The molecule has 2 aromatic carbocycles. The van der Waals surface area contributed by atoms with E-state index in [-0.39, 0.29) is 16.3 Å². The molecule has 0 saturated heterocycles. The molecule has 0 unspecified atom stereocenters. The highest BCUT2D eigenvalue weighted by molar-refractivity contribution is 6.05. The molecule has 19 heavy (non-hydrogen) atoms. The number of fused-ring (bicyclic) bond motifs is 2. The van der Waals surface area contributed by atoms with Gasteiger partial charge in [0.25, 0.3) is 0 Å². The van der Waals surface area contributed by atoms with Gasteiger partial charge in [0, 0.05) is 10.9 Å². The van der Waals surface area contributed by atoms with E-state index in [0.29, 0.717) is 11.0 Å². The van der Waals surface area contributed by atoms with Crippen LogP contribution in [0.25, 0.3) is 21.8 Å². The second-order valence-electron chi connectivity index (χ2n) is 4.18. The van der Waals surface area contributed by atoms with Crippen LogP contribution in [-0.2, 0) is 0 Å². The summed E-state index contributed by atoms with van der Waals surface area (Å²) in [6, 6.07) is 8.32. The highest BCUT2D eigenvalue weighted by Crippen LogP contribution is 2.18. The lowest BCUT2D eigenvalue weighted by molar-refractivity contribution is 0.0699. The van der Waals surface area contributed by atoms with E-state index in [0.717, 1.165) is 6.07 Å². The number of hydrogen-bond donors (Lipinski definition) is 2. The molecule has 0 atom stereocenters. The molecule has 1 aromatic heterocycles. The van der Waals surface area contributed by atoms with E-state index in [1.165, 1.54) is 18.2 Å². The highest BCUT2D eigenvalue weighted by Gasteiger charge is 2.14. The monoisotopic (exact) mass is 257 g/mol. The van der Waals surface area contributed by atoms with Crippen molar-refractivity contribution >= 4 is 27.8 Å². The lowest BCUT2D eigenvalue weighted by atomic mass is 10.1. The third-order valence-corrected chi connectivity index (χ3v) is 3.02. The zero-order chi connectivity index (χ0) is 13.6. The van der Waals surface area contributed by atoms with Gasteiger partial charge in [0.1, 0.15) is 5.82 Å². The normalized spacial score (nSPS) is 11.0. The van der Waals surface area contributed by atoms with E-state index in [9.17, 15) is 14.0 Å². The molecule has 0 amide bonds. The van der Waals surface area contributed by atoms with Crippen LogP contribution in [0.3, 0.4) is 0 Å². The predicted octanol–water partition coefficient (Wildman–Crippen LogP) is 2.52. The summed E-state index contributed by atoms with van der Waals surface area (Å²) in [6.07, 6.45) is 0. The number of aromatic carboxylic acids is 1. The van der Waals surface area contributed by atoms with Gasteiger partial charge in [-0.1, -0.05) is 6.07 Å². The molecule has 4 nitrogen and oxygen atoms in total. The third-order valence-electron chi connectivity index (χ3n) is 3.02. The summed E-state index contributed by atoms with van der Waals surface area (Å²) in [5, 5.41) is 9.31. The molecule has 0 aliphatic heterocycles. The SMILES string of the molecule is O=C(O)c1cccc2[nH]c3ccc(F)cc3c(=O)c12. The number of pyridine rings is 1. The Hall–Kier alpha value is -2.69. The fourth-order valence-corrected chi connectivity index (χ4v) is 2.17. The molecule has 0 bridgehead atoms. The molecule has 94 valence electrons. The van der Waals surface area contributed by atoms with Crippen molar-refractivity contribution in [3.8, 4) is 0 Å². The van der Waals surface area contributed by atoms with Gasteiger partial charge in [-0.25, -0.2) is 9.18 Å². The minimum atomic E-state index is -1.19. The average molecular weight is 257 g/mol. The van der Waals surface area contributed by atoms with Gasteiger partial charge in [-0.05, 0) is 30.3 Å². The minimum absolute atomic E-state index is 0.0631. The van der Waals surface area contributed by atoms with Gasteiger partial charge < -0.3 is 10.1 Å². The van der Waals surface area contributed by atoms with Crippen molar-refractivity contribution in [2.75, 3.05) is 0 Å². The number of carboxylic acid groups (broad SMARTS) is 1. The Kier molecular flexibility index (Phi) is 2.35. The van der Waals surface area contributed by atoms with Crippen LogP contribution in [0.1, 0.15) is 10.4 Å². The van der Waals surface area contributed by atoms with Gasteiger partial charge in [0.15, 0.2) is 5.43 Å². The molecule has 0 saturated carbocycles. The van der Waals surface area contributed by atoms with Gasteiger partial charge in [0.05, 0.1) is 16.5 Å². The second-order valence-corrected chi connectivity index (χ2v) is 4.18. The van der Waals surface area contributed by atoms with Crippen molar-refractivity contribution in [3.05, 3.63) is 58.0 Å². The van der Waals surface area contributed by atoms with Crippen LogP contribution in [0.4, 0.5) is 4.39 Å². The third kappa shape index (κ3) is 1.67. The molecule has 0 fully saturated rings. The van der Waals surface area contributed by atoms with Gasteiger partial charge >= 0.3 is 5.97 Å². The Morgan fingerprint density at radius 2 is 1.95 bits per heavy atom. The van der Waals surface area contributed by atoms with Crippen LogP contribution in [0.15, 0.2) is 41.2 Å². The summed E-state index contributed by atoms with van der Waals surface area (Å²) in [7, 11) is 0. The van der Waals surface area contributed by atoms with E-state index < -0.39 is 17.2 Å². The molecule has 0 spiro atoms. The first-order valence-corrected chi connectivity index (χ1v) is 5.55. The van der Waals surface area contributed by atoms with E-state index in [1.807, 2.05) is 0 Å². The number of nitrogens with one attached hydrogen (secondary N) is 1. The smallest absolute Gasteiger partial charge is 0.336 e. The van der Waals surface area contributed by atoms with Crippen molar-refractivity contribution in [1.82, 2.24) is 4.98 Å². The average Bonchev–Trinajstić information content (AvgIpc) is 2.39. The van der Waals surface area contributed by atoms with Crippen molar-refractivity contribution in [1.29, 1.82) is 0 Å². The van der Waals surface area contributed by atoms with Crippen molar-refractivity contribution in [2.24, 2.45) is 0 Å². The summed E-state index contributed by atoms with van der Waals surface area (Å²) in [5.41, 5.74) is 0.316. The number of aromatic amines is 1. The van der Waals surface area contributed by atoms with Crippen LogP contribution in [-0.4, -0.2) is 16.1 Å². The molecule has 5 heteroatoms. The number of carboxylic acids is 1. The summed E-state index contributed by atoms with van der Waals surface area (Å²) in [5.74, 6) is -1.72. The van der Waals surface area contributed by atoms with Crippen molar-refractivity contribution in [3.63, 3.8) is 0 Å². The molecule has 0 aliphatic carbocycles. The van der Waals surface area contributed by atoms with Crippen LogP contribution in [0, 0.1) is 5.82 Å². The van der Waals surface area contributed by atoms with Gasteiger partial charge in [0.2, 0.25) is 0 Å². The maximum absolute atomic E-state index is 13.2. The van der Waals surface area contributed by atoms with Gasteiger partial charge in [-0.2, -0.15) is 0 Å². The zero-order valence-corrected chi connectivity index (χ0v) is 9.61. The van der Waals surface area contributed by atoms with E-state index in [1.54, 1.807) is 12.1 Å². The number of aromatic nitrogens is 1. The Morgan fingerprint density at radius 3 is 2.68 bits per heavy atom. The first kappa shape index (κ1) is 11.4. The van der Waals surface area contributed by atoms with E-state index in [4.69, 9.17) is 5.11 Å². The molecule has 1 heterocycles. The fraction of sp³-hybridized carbons (Fsp3) is 0. The maximum Gasteiger partial charge on any atom is 0.336 e. The van der Waals surface area contributed by atoms with Crippen molar-refractivity contribution < 1.29 is 14.3 Å². The Morgan fingerprint density at radius 1 is 1.16 bits per heavy atom. The summed E-state index contributed by atoms with van der Waals surface area (Å²) >= 11 is 0. The number of H-pyrrole nitrogens is 1. The maximum atomic E-state index is 13.2. The quantitative estimate of drug-likeness (QED) is 0.658. The van der Waals surface area contributed by atoms with Crippen LogP contribution in [0.2, 0.25) is 0 Å². The summed E-state index contributed by atoms with van der Waals surface area (Å²) < 4.78 is 13.2. The minimum Gasteiger partial charge on any atom is -0.478 e. The predicted molar refractivity (Wildman–Crippen MR) is 69.0 cm³/mol. The molecular formula is C14H8FNO3. The highest BCUT2D eigenvalue weighted by atomic mass is 19.1. The second kappa shape index (κ2) is 3.91. The summed E-state index contributed by atoms with van der Waals surface area (Å²) in [6.45, 7) is 0. The molecule has 3 rings (SSSR count). The number of rotatable bonds is 1. The molecule has 0 radical (unpaired) electrons.